The first kappa shape index (κ1) is 21.0. The number of H-pyrrole nitrogens is 1. The Morgan fingerprint density at radius 3 is 2.90 bits per heavy atom. The average molecular weight is 360 g/mol. The number of hydrogen-bond donors (Lipinski definition) is 2. The molecule has 0 bridgehead atoms. The third-order valence-corrected chi connectivity index (χ3v) is 3.72. The molecule has 0 radical (unpaired) electrons. The fraction of sp³-hybridized carbons (Fsp3) is 0.769. The Balaban J connectivity index is 0.00000200. The summed E-state index contributed by atoms with van der Waals surface area (Å²) in [6.07, 6.45) is 3.39. The molecule has 1 aliphatic rings. The summed E-state index contributed by atoms with van der Waals surface area (Å²) < 4.78 is 5.56. The third kappa shape index (κ3) is 6.30. The number of imidazole rings is 1. The van der Waals surface area contributed by atoms with Crippen LogP contribution in [-0.2, 0) is 17.7 Å². The molecule has 8 heteroatoms. The summed E-state index contributed by atoms with van der Waals surface area (Å²) in [6, 6.07) is 0. The standard InChI is InChI=1S/C13H23ClN4O.2ClH/c1-2-3-4-12-16-11(13(14)17-12)9-18-5-6-19-10(7-15)8-18;;/h10H,2-9,15H2,1H3,(H,16,17);2*1H. The van der Waals surface area contributed by atoms with Crippen molar-refractivity contribution in [2.45, 2.75) is 38.8 Å². The molecule has 3 N–H and O–H groups in total. The lowest BCUT2D eigenvalue weighted by Crippen LogP contribution is -2.45. The molecular formula is C13H25Cl3N4O. The number of aromatic nitrogens is 2. The number of nitrogens with zero attached hydrogens (tertiary/aromatic N) is 2. The van der Waals surface area contributed by atoms with Crippen molar-refractivity contribution in [2.24, 2.45) is 5.73 Å². The van der Waals surface area contributed by atoms with E-state index < -0.39 is 0 Å². The van der Waals surface area contributed by atoms with E-state index in [1.807, 2.05) is 0 Å². The highest BCUT2D eigenvalue weighted by Gasteiger charge is 2.21. The first-order valence-corrected chi connectivity index (χ1v) is 7.38. The lowest BCUT2D eigenvalue weighted by Gasteiger charge is -2.31. The molecule has 1 unspecified atom stereocenters. The lowest BCUT2D eigenvalue weighted by molar-refractivity contribution is -0.0263. The van der Waals surface area contributed by atoms with E-state index in [9.17, 15) is 0 Å². The average Bonchev–Trinajstić information content (AvgIpc) is 2.77. The van der Waals surface area contributed by atoms with E-state index in [2.05, 4.69) is 21.8 Å². The fourth-order valence-electron chi connectivity index (χ4n) is 2.30. The molecule has 1 fully saturated rings. The summed E-state index contributed by atoms with van der Waals surface area (Å²) in [7, 11) is 0. The van der Waals surface area contributed by atoms with Crippen LogP contribution in [-0.4, -0.2) is 47.2 Å². The molecule has 5 nitrogen and oxygen atoms in total. The van der Waals surface area contributed by atoms with Crippen LogP contribution in [0.1, 0.15) is 31.3 Å². The van der Waals surface area contributed by atoms with E-state index in [1.54, 1.807) is 0 Å². The fourth-order valence-corrected chi connectivity index (χ4v) is 2.51. The van der Waals surface area contributed by atoms with E-state index in [0.717, 1.165) is 57.0 Å². The molecule has 1 aliphatic heterocycles. The molecule has 0 spiro atoms. The van der Waals surface area contributed by atoms with Crippen molar-refractivity contribution < 1.29 is 4.74 Å². The van der Waals surface area contributed by atoms with Gasteiger partial charge in [0.2, 0.25) is 0 Å². The summed E-state index contributed by atoms with van der Waals surface area (Å²) >= 11 is 6.19. The molecule has 1 atom stereocenters. The summed E-state index contributed by atoms with van der Waals surface area (Å²) in [5.41, 5.74) is 6.65. The van der Waals surface area contributed by atoms with Crippen molar-refractivity contribution in [3.05, 3.63) is 16.7 Å². The van der Waals surface area contributed by atoms with Crippen molar-refractivity contribution in [3.8, 4) is 0 Å². The molecule has 21 heavy (non-hydrogen) atoms. The van der Waals surface area contributed by atoms with E-state index in [0.29, 0.717) is 11.7 Å². The number of nitrogens with one attached hydrogen (secondary N) is 1. The first-order chi connectivity index (χ1) is 9.22. The largest absolute Gasteiger partial charge is 0.374 e. The summed E-state index contributed by atoms with van der Waals surface area (Å²) in [6.45, 7) is 6.03. The predicted molar refractivity (Wildman–Crippen MR) is 90.8 cm³/mol. The van der Waals surface area contributed by atoms with Crippen molar-refractivity contribution in [1.29, 1.82) is 0 Å². The van der Waals surface area contributed by atoms with Crippen LogP contribution in [0.15, 0.2) is 0 Å². The Morgan fingerprint density at radius 2 is 2.24 bits per heavy atom. The number of morpholine rings is 1. The molecule has 0 amide bonds. The van der Waals surface area contributed by atoms with Gasteiger partial charge in [0.05, 0.1) is 18.4 Å². The Morgan fingerprint density at radius 1 is 1.48 bits per heavy atom. The zero-order valence-electron chi connectivity index (χ0n) is 12.3. The number of hydrogen-bond acceptors (Lipinski definition) is 4. The van der Waals surface area contributed by atoms with Crippen LogP contribution in [0.3, 0.4) is 0 Å². The van der Waals surface area contributed by atoms with Gasteiger partial charge in [-0.05, 0) is 6.42 Å². The number of unbranched alkanes of at least 4 members (excludes halogenated alkanes) is 1. The minimum atomic E-state index is 0. The van der Waals surface area contributed by atoms with E-state index in [4.69, 9.17) is 22.1 Å². The van der Waals surface area contributed by atoms with Crippen LogP contribution in [0.25, 0.3) is 0 Å². The van der Waals surface area contributed by atoms with Crippen LogP contribution in [0.5, 0.6) is 0 Å². The highest BCUT2D eigenvalue weighted by molar-refractivity contribution is 6.30. The van der Waals surface area contributed by atoms with Crippen molar-refractivity contribution in [2.75, 3.05) is 26.2 Å². The second-order valence-corrected chi connectivity index (χ2v) is 5.38. The van der Waals surface area contributed by atoms with Gasteiger partial charge in [-0.2, -0.15) is 0 Å². The zero-order valence-corrected chi connectivity index (χ0v) is 14.7. The van der Waals surface area contributed by atoms with Crippen LogP contribution in [0.2, 0.25) is 5.15 Å². The van der Waals surface area contributed by atoms with Crippen LogP contribution in [0, 0.1) is 0 Å². The van der Waals surface area contributed by atoms with Crippen molar-refractivity contribution >= 4 is 36.4 Å². The normalized spacial score (nSPS) is 18.9. The minimum Gasteiger partial charge on any atom is -0.374 e. The summed E-state index contributed by atoms with van der Waals surface area (Å²) in [5.74, 6) is 0.991. The first-order valence-electron chi connectivity index (χ1n) is 7.00. The van der Waals surface area contributed by atoms with E-state index in [1.165, 1.54) is 0 Å². The molecule has 1 aromatic rings. The quantitative estimate of drug-likeness (QED) is 0.818. The molecule has 0 aromatic carbocycles. The van der Waals surface area contributed by atoms with Gasteiger partial charge in [-0.25, -0.2) is 4.98 Å². The number of aryl methyl sites for hydroxylation is 1. The summed E-state index contributed by atoms with van der Waals surface area (Å²) in [5, 5.41) is 0.599. The Kier molecular flexibility index (Phi) is 10.6. The van der Waals surface area contributed by atoms with Gasteiger partial charge in [0.1, 0.15) is 5.82 Å². The maximum atomic E-state index is 6.19. The monoisotopic (exact) mass is 358 g/mol. The number of halogens is 3. The SMILES string of the molecule is CCCCc1nc(Cl)c(CN2CCOC(CN)C2)[nH]1.Cl.Cl. The van der Waals surface area contributed by atoms with Gasteiger partial charge in [-0.3, -0.25) is 4.90 Å². The second kappa shape index (κ2) is 10.6. The molecule has 0 aliphatic carbocycles. The Labute approximate surface area is 143 Å². The molecule has 0 saturated carbocycles. The van der Waals surface area contributed by atoms with E-state index in [-0.39, 0.29) is 30.9 Å². The molecular weight excluding hydrogens is 335 g/mol. The van der Waals surface area contributed by atoms with Gasteiger partial charge in [-0.15, -0.1) is 24.8 Å². The van der Waals surface area contributed by atoms with Crippen LogP contribution < -0.4 is 5.73 Å². The van der Waals surface area contributed by atoms with Crippen LogP contribution in [0.4, 0.5) is 0 Å². The molecule has 1 saturated heterocycles. The third-order valence-electron chi connectivity index (χ3n) is 3.41. The summed E-state index contributed by atoms with van der Waals surface area (Å²) in [4.78, 5) is 10.0. The molecule has 124 valence electrons. The second-order valence-electron chi connectivity index (χ2n) is 5.02. The number of rotatable bonds is 6. The highest BCUT2D eigenvalue weighted by Crippen LogP contribution is 2.17. The Bertz CT molecular complexity index is 403. The van der Waals surface area contributed by atoms with Gasteiger partial charge >= 0.3 is 0 Å². The minimum absolute atomic E-state index is 0. The van der Waals surface area contributed by atoms with Crippen molar-refractivity contribution in [3.63, 3.8) is 0 Å². The maximum absolute atomic E-state index is 6.19. The highest BCUT2D eigenvalue weighted by atomic mass is 35.5. The molecule has 2 rings (SSSR count). The van der Waals surface area contributed by atoms with Crippen LogP contribution >= 0.6 is 36.4 Å². The van der Waals surface area contributed by atoms with Gasteiger partial charge in [0, 0.05) is 32.6 Å². The van der Waals surface area contributed by atoms with Gasteiger partial charge in [0.25, 0.3) is 0 Å². The number of ether oxygens (including phenoxy) is 1. The number of nitrogens with two attached hydrogens (primary N) is 1. The Hall–Kier alpha value is -0.0400. The smallest absolute Gasteiger partial charge is 0.151 e. The lowest BCUT2D eigenvalue weighted by atomic mass is 10.2. The topological polar surface area (TPSA) is 67.2 Å². The molecule has 1 aromatic heterocycles. The van der Waals surface area contributed by atoms with E-state index >= 15 is 0 Å². The zero-order chi connectivity index (χ0) is 13.7. The van der Waals surface area contributed by atoms with Crippen molar-refractivity contribution in [1.82, 2.24) is 14.9 Å². The van der Waals surface area contributed by atoms with Gasteiger partial charge in [-0.1, -0.05) is 24.9 Å². The molecule has 2 heterocycles. The number of aromatic amines is 1. The van der Waals surface area contributed by atoms with Gasteiger partial charge in [0.15, 0.2) is 5.15 Å². The van der Waals surface area contributed by atoms with Gasteiger partial charge < -0.3 is 15.5 Å². The predicted octanol–water partition coefficient (Wildman–Crippen LogP) is 2.41. The maximum Gasteiger partial charge on any atom is 0.151 e.